The van der Waals surface area contributed by atoms with E-state index in [4.69, 9.17) is 5.26 Å². The standard InChI is InChI=1S/C24H25N3O2/c1-4-15(2)24(16(3)28)27-23(29)12-20-14-26-22-10-9-19(11-21(20)22)18-7-5-17(13-25)6-8-18/h5-11,14-15,24,26H,4,12H2,1-3H3,(H,27,29)/t15-,24-/m0/s1. The number of hydrogen-bond acceptors (Lipinski definition) is 3. The molecule has 0 radical (unpaired) electrons. The summed E-state index contributed by atoms with van der Waals surface area (Å²) in [6.07, 6.45) is 2.88. The van der Waals surface area contributed by atoms with Crippen molar-refractivity contribution in [3.63, 3.8) is 0 Å². The number of Topliss-reactive ketones (excluding diaryl/α,β-unsaturated/α-hetero) is 1. The predicted molar refractivity (Wildman–Crippen MR) is 114 cm³/mol. The van der Waals surface area contributed by atoms with E-state index in [1.807, 2.05) is 50.4 Å². The molecule has 2 N–H and O–H groups in total. The highest BCUT2D eigenvalue weighted by atomic mass is 16.2. The molecule has 0 aliphatic carbocycles. The third-order valence-corrected chi connectivity index (χ3v) is 5.43. The maximum absolute atomic E-state index is 12.6. The van der Waals surface area contributed by atoms with Crippen molar-refractivity contribution in [1.82, 2.24) is 10.3 Å². The van der Waals surface area contributed by atoms with Crippen LogP contribution >= 0.6 is 0 Å². The number of amides is 1. The smallest absolute Gasteiger partial charge is 0.225 e. The van der Waals surface area contributed by atoms with Gasteiger partial charge in [-0.15, -0.1) is 0 Å². The van der Waals surface area contributed by atoms with Gasteiger partial charge < -0.3 is 10.3 Å². The molecule has 0 fully saturated rings. The van der Waals surface area contributed by atoms with E-state index >= 15 is 0 Å². The van der Waals surface area contributed by atoms with Gasteiger partial charge in [-0.2, -0.15) is 5.26 Å². The van der Waals surface area contributed by atoms with Crippen molar-refractivity contribution in [2.24, 2.45) is 5.92 Å². The van der Waals surface area contributed by atoms with Gasteiger partial charge >= 0.3 is 0 Å². The van der Waals surface area contributed by atoms with Crippen LogP contribution in [0.5, 0.6) is 0 Å². The molecular formula is C24H25N3O2. The number of hydrogen-bond donors (Lipinski definition) is 2. The largest absolute Gasteiger partial charge is 0.361 e. The number of nitrogens with zero attached hydrogens (tertiary/aromatic N) is 1. The first-order valence-corrected chi connectivity index (χ1v) is 9.83. The first-order chi connectivity index (χ1) is 13.9. The van der Waals surface area contributed by atoms with Gasteiger partial charge in [-0.25, -0.2) is 0 Å². The Labute approximate surface area is 170 Å². The van der Waals surface area contributed by atoms with Crippen LogP contribution < -0.4 is 5.32 Å². The van der Waals surface area contributed by atoms with Crippen molar-refractivity contribution in [2.75, 3.05) is 0 Å². The van der Waals surface area contributed by atoms with E-state index in [1.165, 1.54) is 6.92 Å². The lowest BCUT2D eigenvalue weighted by molar-refractivity contribution is -0.127. The van der Waals surface area contributed by atoms with E-state index in [9.17, 15) is 9.59 Å². The minimum Gasteiger partial charge on any atom is -0.361 e. The molecule has 2 aromatic carbocycles. The summed E-state index contributed by atoms with van der Waals surface area (Å²) in [7, 11) is 0. The van der Waals surface area contributed by atoms with Crippen LogP contribution in [0.2, 0.25) is 0 Å². The maximum Gasteiger partial charge on any atom is 0.225 e. The molecule has 1 aromatic heterocycles. The molecule has 0 aliphatic rings. The van der Waals surface area contributed by atoms with Gasteiger partial charge in [0.05, 0.1) is 24.1 Å². The van der Waals surface area contributed by atoms with Gasteiger partial charge in [0, 0.05) is 17.1 Å². The van der Waals surface area contributed by atoms with Crippen molar-refractivity contribution < 1.29 is 9.59 Å². The van der Waals surface area contributed by atoms with E-state index in [-0.39, 0.29) is 24.0 Å². The number of benzene rings is 2. The molecule has 0 saturated carbocycles. The van der Waals surface area contributed by atoms with Gasteiger partial charge in [-0.1, -0.05) is 38.5 Å². The monoisotopic (exact) mass is 387 g/mol. The second-order valence-corrected chi connectivity index (χ2v) is 7.48. The number of nitriles is 1. The van der Waals surface area contributed by atoms with Gasteiger partial charge in [0.15, 0.2) is 5.78 Å². The lowest BCUT2D eigenvalue weighted by atomic mass is 9.95. The highest BCUT2D eigenvalue weighted by Crippen LogP contribution is 2.27. The quantitative estimate of drug-likeness (QED) is 0.631. The zero-order valence-electron chi connectivity index (χ0n) is 17.0. The van der Waals surface area contributed by atoms with Crippen LogP contribution in [0.4, 0.5) is 0 Å². The van der Waals surface area contributed by atoms with E-state index in [2.05, 4.69) is 16.4 Å². The summed E-state index contributed by atoms with van der Waals surface area (Å²) in [6, 6.07) is 15.1. The minimum atomic E-state index is -0.452. The van der Waals surface area contributed by atoms with Gasteiger partial charge in [0.25, 0.3) is 0 Å². The summed E-state index contributed by atoms with van der Waals surface area (Å²) in [5, 5.41) is 12.8. The van der Waals surface area contributed by atoms with Crippen LogP contribution in [0.25, 0.3) is 22.0 Å². The molecule has 3 aromatic rings. The summed E-state index contributed by atoms with van der Waals surface area (Å²) in [5.74, 6) is -0.0766. The van der Waals surface area contributed by atoms with Crippen LogP contribution in [-0.2, 0) is 16.0 Å². The number of aromatic amines is 1. The Morgan fingerprint density at radius 1 is 1.14 bits per heavy atom. The molecule has 5 heteroatoms. The van der Waals surface area contributed by atoms with Gasteiger partial charge in [-0.05, 0) is 53.8 Å². The number of fused-ring (bicyclic) bond motifs is 1. The molecule has 0 aliphatic heterocycles. The Morgan fingerprint density at radius 2 is 1.83 bits per heavy atom. The van der Waals surface area contributed by atoms with Crippen LogP contribution in [0.1, 0.15) is 38.3 Å². The van der Waals surface area contributed by atoms with E-state index in [0.29, 0.717) is 5.56 Å². The van der Waals surface area contributed by atoms with Crippen LogP contribution in [0, 0.1) is 17.2 Å². The average Bonchev–Trinajstić information content (AvgIpc) is 3.13. The molecule has 0 saturated heterocycles. The lowest BCUT2D eigenvalue weighted by Gasteiger charge is -2.21. The van der Waals surface area contributed by atoms with Crippen LogP contribution in [-0.4, -0.2) is 22.7 Å². The average molecular weight is 387 g/mol. The first kappa shape index (κ1) is 20.3. The summed E-state index contributed by atoms with van der Waals surface area (Å²) in [5.41, 5.74) is 4.49. The third-order valence-electron chi connectivity index (χ3n) is 5.43. The fourth-order valence-electron chi connectivity index (χ4n) is 3.52. The Kier molecular flexibility index (Phi) is 6.13. The zero-order valence-corrected chi connectivity index (χ0v) is 17.0. The molecule has 0 spiro atoms. The van der Waals surface area contributed by atoms with Crippen molar-refractivity contribution in [1.29, 1.82) is 5.26 Å². The summed E-state index contributed by atoms with van der Waals surface area (Å²) in [6.45, 7) is 5.51. The molecule has 1 heterocycles. The van der Waals surface area contributed by atoms with Crippen LogP contribution in [0.3, 0.4) is 0 Å². The molecule has 5 nitrogen and oxygen atoms in total. The molecule has 29 heavy (non-hydrogen) atoms. The molecular weight excluding hydrogens is 362 g/mol. The van der Waals surface area contributed by atoms with Crippen molar-refractivity contribution >= 4 is 22.6 Å². The Bertz CT molecular complexity index is 1070. The second kappa shape index (κ2) is 8.74. The molecule has 148 valence electrons. The maximum atomic E-state index is 12.6. The SMILES string of the molecule is CC[C@H](C)[C@H](NC(=O)Cc1c[nH]c2ccc(-c3ccc(C#N)cc3)cc12)C(C)=O. The summed E-state index contributed by atoms with van der Waals surface area (Å²) >= 11 is 0. The third kappa shape index (κ3) is 4.55. The highest BCUT2D eigenvalue weighted by molar-refractivity contribution is 5.93. The molecule has 1 amide bonds. The number of aromatic nitrogens is 1. The zero-order chi connectivity index (χ0) is 21.0. The number of carbonyl (C=O) groups is 2. The normalized spacial score (nSPS) is 12.9. The predicted octanol–water partition coefficient (Wildman–Crippen LogP) is 4.37. The highest BCUT2D eigenvalue weighted by Gasteiger charge is 2.23. The van der Waals surface area contributed by atoms with Crippen molar-refractivity contribution in [3.8, 4) is 17.2 Å². The lowest BCUT2D eigenvalue weighted by Crippen LogP contribution is -2.44. The summed E-state index contributed by atoms with van der Waals surface area (Å²) < 4.78 is 0. The van der Waals surface area contributed by atoms with E-state index in [1.54, 1.807) is 12.1 Å². The van der Waals surface area contributed by atoms with Gasteiger partial charge in [0.1, 0.15) is 0 Å². The number of carbonyl (C=O) groups excluding carboxylic acids is 2. The number of H-pyrrole nitrogens is 1. The number of nitrogens with one attached hydrogen (secondary N) is 2. The fourth-order valence-corrected chi connectivity index (χ4v) is 3.52. The number of ketones is 1. The number of rotatable bonds is 7. The van der Waals surface area contributed by atoms with E-state index in [0.717, 1.165) is 34.0 Å². The molecule has 0 unspecified atom stereocenters. The molecule has 3 rings (SSSR count). The van der Waals surface area contributed by atoms with Gasteiger partial charge in [-0.3, -0.25) is 9.59 Å². The molecule has 2 atom stereocenters. The summed E-state index contributed by atoms with van der Waals surface area (Å²) in [4.78, 5) is 27.7. The topological polar surface area (TPSA) is 85.8 Å². The fraction of sp³-hybridized carbons (Fsp3) is 0.292. The Hall–Kier alpha value is -3.39. The second-order valence-electron chi connectivity index (χ2n) is 7.48. The van der Waals surface area contributed by atoms with Crippen molar-refractivity contribution in [2.45, 2.75) is 39.7 Å². The van der Waals surface area contributed by atoms with Crippen molar-refractivity contribution in [3.05, 3.63) is 59.8 Å². The Morgan fingerprint density at radius 3 is 2.45 bits per heavy atom. The minimum absolute atomic E-state index is 0.0188. The molecule has 0 bridgehead atoms. The van der Waals surface area contributed by atoms with Gasteiger partial charge in [0.2, 0.25) is 5.91 Å². The van der Waals surface area contributed by atoms with E-state index < -0.39 is 6.04 Å². The van der Waals surface area contributed by atoms with Crippen LogP contribution in [0.15, 0.2) is 48.7 Å². The Balaban J connectivity index is 1.83. The first-order valence-electron chi connectivity index (χ1n) is 9.83.